The van der Waals surface area contributed by atoms with Crippen molar-refractivity contribution >= 4 is 69.0 Å². The summed E-state index contributed by atoms with van der Waals surface area (Å²) in [6, 6.07) is 14.6. The summed E-state index contributed by atoms with van der Waals surface area (Å²) in [6.45, 7) is 0. The third-order valence-electron chi connectivity index (χ3n) is 3.64. The highest BCUT2D eigenvalue weighted by Gasteiger charge is 2.14. The smallest absolute Gasteiger partial charge is 0.245 e. The Morgan fingerprint density at radius 3 is 2.48 bits per heavy atom. The van der Waals surface area contributed by atoms with E-state index >= 15 is 0 Å². The summed E-state index contributed by atoms with van der Waals surface area (Å²) in [5, 5.41) is 5.79. The number of ether oxygens (including phenoxy) is 1. The summed E-state index contributed by atoms with van der Waals surface area (Å²) < 4.78 is 5.92. The summed E-state index contributed by atoms with van der Waals surface area (Å²) >= 11 is 12.9. The number of methoxy groups -OCH3 is 1. The highest BCUT2D eigenvalue weighted by Crippen LogP contribution is 2.21. The van der Waals surface area contributed by atoms with Crippen LogP contribution in [0.2, 0.25) is 0 Å². The number of hydrazine groups is 1. The van der Waals surface area contributed by atoms with Crippen LogP contribution in [0.1, 0.15) is 12.8 Å². The van der Waals surface area contributed by atoms with Gasteiger partial charge in [0, 0.05) is 16.6 Å². The molecular weight excluding hydrogens is 476 g/mol. The van der Waals surface area contributed by atoms with Gasteiger partial charge in [0.05, 0.1) is 24.6 Å². The number of amides is 1. The van der Waals surface area contributed by atoms with E-state index in [2.05, 4.69) is 50.0 Å². The van der Waals surface area contributed by atoms with Crippen LogP contribution in [0.25, 0.3) is 0 Å². The fourth-order valence-corrected chi connectivity index (χ4v) is 3.18. The number of carbonyl (C=O) groups is 2. The van der Waals surface area contributed by atoms with Gasteiger partial charge >= 0.3 is 0 Å². The van der Waals surface area contributed by atoms with Gasteiger partial charge in [-0.3, -0.25) is 20.4 Å². The third kappa shape index (κ3) is 8.30. The van der Waals surface area contributed by atoms with Crippen LogP contribution in [0, 0.1) is 0 Å². The molecule has 1 atom stereocenters. The predicted octanol–water partition coefficient (Wildman–Crippen LogP) is 3.49. The minimum atomic E-state index is -0.490. The van der Waals surface area contributed by atoms with E-state index in [0.717, 1.165) is 21.6 Å². The van der Waals surface area contributed by atoms with E-state index < -0.39 is 11.3 Å². The van der Waals surface area contributed by atoms with Gasteiger partial charge in [-0.2, -0.15) is 12.6 Å². The van der Waals surface area contributed by atoms with Gasteiger partial charge in [0.1, 0.15) is 11.5 Å². The van der Waals surface area contributed by atoms with Crippen LogP contribution in [0.15, 0.2) is 53.0 Å². The van der Waals surface area contributed by atoms with Crippen LogP contribution in [0.5, 0.6) is 5.75 Å². The van der Waals surface area contributed by atoms with E-state index in [1.807, 2.05) is 36.4 Å². The number of carbonyl (C=O) groups excluding carboxylic acids is 2. The minimum absolute atomic E-state index is 0.0855. The average molecular weight is 497 g/mol. The first-order valence-electron chi connectivity index (χ1n) is 8.58. The molecule has 29 heavy (non-hydrogen) atoms. The van der Waals surface area contributed by atoms with Crippen molar-refractivity contribution in [1.82, 2.24) is 10.9 Å². The van der Waals surface area contributed by atoms with Gasteiger partial charge in [0.2, 0.25) is 5.91 Å². The van der Waals surface area contributed by atoms with Crippen molar-refractivity contribution in [2.45, 2.75) is 18.2 Å². The van der Waals surface area contributed by atoms with Crippen LogP contribution in [0.3, 0.4) is 0 Å². The number of Topliss-reactive ketones (excluding diaryl/α,β-unsaturated/α-hetero) is 1. The maximum Gasteiger partial charge on any atom is 0.245 e. The molecular formula is C19H21BrN4O3S2. The largest absolute Gasteiger partial charge is 0.497 e. The number of hydrogen-bond donors (Lipinski definition) is 5. The number of halogens is 1. The molecule has 2 aromatic rings. The molecule has 1 amide bonds. The summed E-state index contributed by atoms with van der Waals surface area (Å²) in [6.07, 6.45) is -0.200. The van der Waals surface area contributed by atoms with E-state index in [9.17, 15) is 9.59 Å². The Morgan fingerprint density at radius 2 is 1.83 bits per heavy atom. The van der Waals surface area contributed by atoms with Crippen molar-refractivity contribution in [3.63, 3.8) is 0 Å². The Kier molecular flexibility index (Phi) is 9.23. The maximum absolute atomic E-state index is 12.1. The lowest BCUT2D eigenvalue weighted by atomic mass is 10.2. The second-order valence-corrected chi connectivity index (χ2v) is 7.80. The standard InChI is InChI=1S/C19H21BrN4O3S2/c1-27-14-8-6-12(7-9-14)21-18(28)11-13(25)10-17(26)23-24-19(29)22-16-5-3-2-4-15(16)20/h2-9,18,21,28H,10-11H2,1H3,(H,23,26)(H2,22,24,29). The molecule has 1 unspecified atom stereocenters. The molecule has 4 N–H and O–H groups in total. The number of benzene rings is 2. The van der Waals surface area contributed by atoms with Gasteiger partial charge in [0.25, 0.3) is 0 Å². The van der Waals surface area contributed by atoms with E-state index in [-0.39, 0.29) is 23.7 Å². The quantitative estimate of drug-likeness (QED) is 0.125. The van der Waals surface area contributed by atoms with E-state index in [1.165, 1.54) is 0 Å². The van der Waals surface area contributed by atoms with Crippen molar-refractivity contribution in [1.29, 1.82) is 0 Å². The molecule has 2 rings (SSSR count). The van der Waals surface area contributed by atoms with E-state index in [0.29, 0.717) is 0 Å². The molecule has 0 saturated carbocycles. The highest BCUT2D eigenvalue weighted by molar-refractivity contribution is 9.10. The van der Waals surface area contributed by atoms with Crippen LogP contribution < -0.4 is 26.2 Å². The van der Waals surface area contributed by atoms with E-state index in [4.69, 9.17) is 17.0 Å². The molecule has 0 radical (unpaired) electrons. The Hall–Kier alpha value is -2.30. The van der Waals surface area contributed by atoms with Gasteiger partial charge in [-0.05, 0) is 64.5 Å². The maximum atomic E-state index is 12.1. The van der Waals surface area contributed by atoms with Crippen molar-refractivity contribution in [2.24, 2.45) is 0 Å². The Bertz CT molecular complexity index is 865. The summed E-state index contributed by atoms with van der Waals surface area (Å²) in [5.74, 6) is -0.00945. The second kappa shape index (κ2) is 11.6. The number of thiocarbonyl (C=S) groups is 1. The molecule has 0 aromatic heterocycles. The first-order valence-corrected chi connectivity index (χ1v) is 10.3. The zero-order valence-electron chi connectivity index (χ0n) is 15.6. The molecule has 0 aliphatic heterocycles. The molecule has 0 fully saturated rings. The number of nitrogens with one attached hydrogen (secondary N) is 4. The van der Waals surface area contributed by atoms with Gasteiger partial charge in [-0.25, -0.2) is 0 Å². The zero-order valence-corrected chi connectivity index (χ0v) is 18.9. The fraction of sp³-hybridized carbons (Fsp3) is 0.211. The molecule has 0 saturated heterocycles. The topological polar surface area (TPSA) is 91.5 Å². The molecule has 0 bridgehead atoms. The molecule has 7 nitrogen and oxygen atoms in total. The number of ketones is 1. The fourth-order valence-electron chi connectivity index (χ4n) is 2.28. The molecule has 154 valence electrons. The second-order valence-electron chi connectivity index (χ2n) is 5.92. The highest BCUT2D eigenvalue weighted by atomic mass is 79.9. The SMILES string of the molecule is COc1ccc(NC(S)CC(=O)CC(=O)NNC(=S)Nc2ccccc2Br)cc1. The van der Waals surface area contributed by atoms with Crippen molar-refractivity contribution in [2.75, 3.05) is 17.7 Å². The lowest BCUT2D eigenvalue weighted by Crippen LogP contribution is -2.44. The zero-order chi connectivity index (χ0) is 21.2. The van der Waals surface area contributed by atoms with Crippen LogP contribution in [-0.2, 0) is 9.59 Å². The van der Waals surface area contributed by atoms with Crippen LogP contribution in [0.4, 0.5) is 11.4 Å². The van der Waals surface area contributed by atoms with Crippen LogP contribution in [-0.4, -0.2) is 29.3 Å². The third-order valence-corrected chi connectivity index (χ3v) is 4.85. The van der Waals surface area contributed by atoms with Gasteiger partial charge in [-0.15, -0.1) is 0 Å². The number of rotatable bonds is 8. The normalized spacial score (nSPS) is 11.1. The van der Waals surface area contributed by atoms with Gasteiger partial charge in [-0.1, -0.05) is 12.1 Å². The Morgan fingerprint density at radius 1 is 1.14 bits per heavy atom. The van der Waals surface area contributed by atoms with Crippen molar-refractivity contribution < 1.29 is 14.3 Å². The number of anilines is 2. The molecule has 0 aliphatic rings. The summed E-state index contributed by atoms with van der Waals surface area (Å²) in [7, 11) is 1.59. The van der Waals surface area contributed by atoms with Crippen molar-refractivity contribution in [3.8, 4) is 5.75 Å². The lowest BCUT2D eigenvalue weighted by molar-refractivity contribution is -0.128. The number of para-hydroxylation sites is 1. The predicted molar refractivity (Wildman–Crippen MR) is 125 cm³/mol. The Balaban J connectivity index is 1.70. The van der Waals surface area contributed by atoms with E-state index in [1.54, 1.807) is 19.2 Å². The minimum Gasteiger partial charge on any atom is -0.497 e. The first-order chi connectivity index (χ1) is 13.9. The molecule has 2 aromatic carbocycles. The first kappa shape index (κ1) is 23.0. The summed E-state index contributed by atoms with van der Waals surface area (Å²) in [4.78, 5) is 24.0. The molecule has 0 aliphatic carbocycles. The van der Waals surface area contributed by atoms with Crippen molar-refractivity contribution in [3.05, 3.63) is 53.0 Å². The number of thiol groups is 1. The van der Waals surface area contributed by atoms with Gasteiger partial charge < -0.3 is 15.4 Å². The number of hydrogen-bond acceptors (Lipinski definition) is 6. The summed E-state index contributed by atoms with van der Waals surface area (Å²) in [5.41, 5.74) is 6.52. The molecule has 0 spiro atoms. The molecule has 10 heteroatoms. The van der Waals surface area contributed by atoms with Crippen LogP contribution >= 0.6 is 40.8 Å². The lowest BCUT2D eigenvalue weighted by Gasteiger charge is -2.15. The average Bonchev–Trinajstić information content (AvgIpc) is 2.68. The Labute approximate surface area is 188 Å². The van der Waals surface area contributed by atoms with Gasteiger partial charge in [0.15, 0.2) is 5.11 Å². The monoisotopic (exact) mass is 496 g/mol. The molecule has 0 heterocycles.